The molecule has 1 aliphatic heterocycles. The average Bonchev–Trinajstić information content (AvgIpc) is 1.64. The van der Waals surface area contributed by atoms with E-state index in [9.17, 15) is 46.3 Å². The van der Waals surface area contributed by atoms with Gasteiger partial charge in [0.1, 0.15) is 58.0 Å². The highest BCUT2D eigenvalue weighted by Crippen LogP contribution is 2.30. The van der Waals surface area contributed by atoms with Gasteiger partial charge in [-0.15, -0.1) is 0 Å². The Bertz CT molecular complexity index is 6240. The second-order valence-corrected chi connectivity index (χ2v) is 32.9. The SMILES string of the molecule is NCCCCOc1cc(CN(Cc2ccccn2)Cc2cccc(NC(=O)c3ccc(F)cc3)n2)cc(CN(Cc2ccccn2)Cc2cccc(NC(=O)c3ccc(F)cc3)n2)c1.O=C(Nc1cccc(CN(Cc2cc(CN(Cc3ccccn3)Cc3cccc(NC(=O)c4ccc(F)cc4)n3)cc(OCCCCN3C(=O)c4ccccc4C3=O)c2)Cc2ccccn2)n1)c1ccc(F)cc1. The molecule has 0 saturated heterocycles. The molecule has 6 N–H and O–H groups in total. The first-order chi connectivity index (χ1) is 67.3. The Morgan fingerprint density at radius 3 is 0.804 bits per heavy atom. The van der Waals surface area contributed by atoms with Crippen molar-refractivity contribution in [2.75, 3.05) is 47.6 Å². The minimum Gasteiger partial charge on any atom is -0.494 e. The number of hydrogen-bond acceptors (Lipinski definition) is 21. The van der Waals surface area contributed by atoms with Crippen molar-refractivity contribution < 1.29 is 55.8 Å². The zero-order chi connectivity index (χ0) is 95.7. The number of hydrogen-bond donors (Lipinski definition) is 5. The lowest BCUT2D eigenvalue weighted by Gasteiger charge is -2.25. The number of nitrogens with zero attached hydrogens (tertiary/aromatic N) is 13. The summed E-state index contributed by atoms with van der Waals surface area (Å²) in [5.74, 6) is -1.10. The zero-order valence-electron chi connectivity index (χ0n) is 75.5. The first kappa shape index (κ1) is 96.5. The Labute approximate surface area is 796 Å². The molecule has 15 aromatic rings. The Kier molecular flexibility index (Phi) is 34.0. The number of aromatic nitrogens is 8. The van der Waals surface area contributed by atoms with Gasteiger partial charge in [0.05, 0.1) is 69.9 Å². The third kappa shape index (κ3) is 29.2. The van der Waals surface area contributed by atoms with Crippen molar-refractivity contribution in [3.05, 3.63) is 453 Å². The van der Waals surface area contributed by atoms with Crippen molar-refractivity contribution in [1.29, 1.82) is 0 Å². The van der Waals surface area contributed by atoms with E-state index in [1.807, 2.05) is 133 Å². The monoisotopic (exact) mass is 1850 g/mol. The van der Waals surface area contributed by atoms with Crippen molar-refractivity contribution in [3.63, 3.8) is 0 Å². The number of carbonyl (C=O) groups is 6. The molecule has 138 heavy (non-hydrogen) atoms. The third-order valence-electron chi connectivity index (χ3n) is 22.1. The molecule has 0 unspecified atom stereocenters. The first-order valence-electron chi connectivity index (χ1n) is 45.1. The standard InChI is InChI=1S/C58H51F2N9O5.C50H49F2N9O3/c59-44-23-19-42(20-24-44)55(70)65-53-17-9-13-48(63-53)38-67(36-46-11-3-5-27-61-46)34-40-31-41(33-50(32-40)74-30-8-7-29-69-57(72)51-15-1-2-16-52(51)58(69)73)35-68(37-47-12-4-6-28-62-47)39-49-14-10-18-54(64-49)66-56(71)43-21-25-45(60)26-22-43;51-40-19-15-38(16-20-40)49(62)58-47-13-7-11-44(56-47)34-60(32-42-9-1-4-24-54-42)30-36-27-37(29-46(28-36)64-26-6-3-23-53)31-61(33-43-10-2-5-25-55-43)35-45-12-8-14-48(57-45)59-50(63)39-17-21-41(52)22-18-39/h1-6,9-28,31-33H,7-8,29-30,34-39H2,(H,63,65,70)(H,64,66,71);1-2,4-5,7-22,24-25,27-29H,3,6,23,26,30-35,53H2,(H,56,58,62)(H,57,59,63). The smallest absolute Gasteiger partial charge is 0.261 e. The third-order valence-corrected chi connectivity index (χ3v) is 22.1. The summed E-state index contributed by atoms with van der Waals surface area (Å²) in [6.07, 6.45) is 9.81. The number of fused-ring (bicyclic) bond motifs is 1. The van der Waals surface area contributed by atoms with Gasteiger partial charge in [-0.05, 0) is 285 Å². The summed E-state index contributed by atoms with van der Waals surface area (Å²) in [7, 11) is 0. The van der Waals surface area contributed by atoms with Gasteiger partial charge in [-0.25, -0.2) is 37.5 Å². The lowest BCUT2D eigenvalue weighted by molar-refractivity contribution is 0.0648. The van der Waals surface area contributed by atoms with Crippen LogP contribution >= 0.6 is 0 Å². The van der Waals surface area contributed by atoms with E-state index >= 15 is 0 Å². The fourth-order valence-corrected chi connectivity index (χ4v) is 15.6. The molecule has 7 aromatic carbocycles. The molecule has 0 radical (unpaired) electrons. The van der Waals surface area contributed by atoms with E-state index in [4.69, 9.17) is 35.1 Å². The topological polar surface area (TPSA) is 314 Å². The lowest BCUT2D eigenvalue weighted by Crippen LogP contribution is -2.30. The van der Waals surface area contributed by atoms with Crippen LogP contribution in [0.2, 0.25) is 0 Å². The van der Waals surface area contributed by atoms with Gasteiger partial charge in [0.2, 0.25) is 0 Å². The molecule has 0 atom stereocenters. The minimum absolute atomic E-state index is 0.266. The number of halogens is 4. The van der Waals surface area contributed by atoms with Crippen molar-refractivity contribution in [3.8, 4) is 11.5 Å². The number of benzene rings is 7. The predicted molar refractivity (Wildman–Crippen MR) is 516 cm³/mol. The highest BCUT2D eigenvalue weighted by Gasteiger charge is 2.35. The highest BCUT2D eigenvalue weighted by molar-refractivity contribution is 6.21. The van der Waals surface area contributed by atoms with E-state index in [0.717, 1.165) is 75.0 Å². The summed E-state index contributed by atoms with van der Waals surface area (Å²) in [5, 5.41) is 11.3. The number of carbonyl (C=O) groups excluding carboxylic acids is 6. The molecule has 0 bridgehead atoms. The summed E-state index contributed by atoms with van der Waals surface area (Å²) < 4.78 is 67.1. The molecular weight excluding hydrogens is 1750 g/mol. The maximum atomic E-state index is 13.6. The van der Waals surface area contributed by atoms with Gasteiger partial charge in [0, 0.05) is 132 Å². The normalized spacial score (nSPS) is 11.6. The molecule has 1 aliphatic rings. The van der Waals surface area contributed by atoms with Gasteiger partial charge in [-0.2, -0.15) is 0 Å². The van der Waals surface area contributed by atoms with Crippen LogP contribution in [-0.2, 0) is 78.5 Å². The largest absolute Gasteiger partial charge is 0.494 e. The van der Waals surface area contributed by atoms with Gasteiger partial charge in [-0.1, -0.05) is 72.8 Å². The van der Waals surface area contributed by atoms with E-state index in [1.54, 1.807) is 73.3 Å². The van der Waals surface area contributed by atoms with E-state index in [1.165, 1.54) is 102 Å². The molecule has 0 spiro atoms. The zero-order valence-corrected chi connectivity index (χ0v) is 75.5. The molecule has 9 heterocycles. The average molecular weight is 1850 g/mol. The number of nitrogens with two attached hydrogens (primary N) is 1. The number of unbranched alkanes of at least 4 members (excludes halogenated alkanes) is 2. The van der Waals surface area contributed by atoms with E-state index in [0.29, 0.717) is 185 Å². The fraction of sp³-hybridized carbons (Fsp3) is 0.185. The van der Waals surface area contributed by atoms with Crippen molar-refractivity contribution in [1.82, 2.24) is 64.4 Å². The van der Waals surface area contributed by atoms with Crippen LogP contribution < -0.4 is 36.5 Å². The predicted octanol–water partition coefficient (Wildman–Crippen LogP) is 18.5. The number of imide groups is 1. The summed E-state index contributed by atoms with van der Waals surface area (Å²) in [5.41, 5.74) is 18.0. The van der Waals surface area contributed by atoms with Crippen LogP contribution in [0, 0.1) is 23.3 Å². The van der Waals surface area contributed by atoms with Crippen LogP contribution in [-0.4, -0.2) is 126 Å². The molecular formula is C108H100F4N18O8. The number of rotatable bonds is 43. The first-order valence-corrected chi connectivity index (χ1v) is 45.1. The van der Waals surface area contributed by atoms with Gasteiger partial charge in [0.15, 0.2) is 0 Å². The summed E-state index contributed by atoms with van der Waals surface area (Å²) in [6, 6.07) is 85.5. The number of anilines is 4. The second kappa shape index (κ2) is 48.7. The van der Waals surface area contributed by atoms with Crippen molar-refractivity contribution in [2.24, 2.45) is 5.73 Å². The lowest BCUT2D eigenvalue weighted by atomic mass is 10.1. The van der Waals surface area contributed by atoms with Crippen molar-refractivity contribution in [2.45, 2.75) is 104 Å². The fourth-order valence-electron chi connectivity index (χ4n) is 15.6. The Morgan fingerprint density at radius 1 is 0.290 bits per heavy atom. The van der Waals surface area contributed by atoms with Crippen LogP contribution in [0.3, 0.4) is 0 Å². The summed E-state index contributed by atoms with van der Waals surface area (Å²) in [4.78, 5) is 126. The molecule has 26 nitrogen and oxygen atoms in total. The molecule has 0 fully saturated rings. The Hall–Kier alpha value is -16.1. The molecule has 8 aromatic heterocycles. The molecule has 0 aliphatic carbocycles. The van der Waals surface area contributed by atoms with Gasteiger partial charge >= 0.3 is 0 Å². The maximum absolute atomic E-state index is 13.6. The molecule has 0 saturated carbocycles. The number of amides is 6. The number of pyridine rings is 8. The van der Waals surface area contributed by atoms with Crippen LogP contribution in [0.25, 0.3) is 0 Å². The maximum Gasteiger partial charge on any atom is 0.261 e. The van der Waals surface area contributed by atoms with Crippen molar-refractivity contribution >= 4 is 58.7 Å². The molecule has 698 valence electrons. The van der Waals surface area contributed by atoms with Gasteiger partial charge < -0.3 is 36.5 Å². The van der Waals surface area contributed by atoms with Crippen LogP contribution in [0.15, 0.2) is 328 Å². The summed E-state index contributed by atoms with van der Waals surface area (Å²) >= 11 is 0. The molecule has 16 rings (SSSR count). The van der Waals surface area contributed by atoms with Gasteiger partial charge in [0.25, 0.3) is 35.4 Å². The number of nitrogens with one attached hydrogen (secondary N) is 4. The van der Waals surface area contributed by atoms with Crippen LogP contribution in [0.4, 0.5) is 40.8 Å². The second-order valence-electron chi connectivity index (χ2n) is 32.9. The Balaban J connectivity index is 0.000000212. The van der Waals surface area contributed by atoms with Crippen LogP contribution in [0.1, 0.15) is 156 Å². The van der Waals surface area contributed by atoms with Crippen LogP contribution in [0.5, 0.6) is 11.5 Å². The minimum atomic E-state index is -0.439. The van der Waals surface area contributed by atoms with E-state index in [-0.39, 0.29) is 30.2 Å². The summed E-state index contributed by atoms with van der Waals surface area (Å²) in [6.45, 7) is 7.11. The molecule has 30 heteroatoms. The van der Waals surface area contributed by atoms with E-state index in [2.05, 4.69) is 85.1 Å². The number of ether oxygens (including phenoxy) is 2. The van der Waals surface area contributed by atoms with Gasteiger partial charge in [-0.3, -0.25) is 73.2 Å². The Morgan fingerprint density at radius 2 is 0.543 bits per heavy atom. The quantitative estimate of drug-likeness (QED) is 0.0135. The molecule has 6 amide bonds. The highest BCUT2D eigenvalue weighted by atomic mass is 19.1. The van der Waals surface area contributed by atoms with E-state index < -0.39 is 35.1 Å².